The van der Waals surface area contributed by atoms with E-state index in [4.69, 9.17) is 0 Å². The van der Waals surface area contributed by atoms with E-state index >= 15 is 0 Å². The van der Waals surface area contributed by atoms with Gasteiger partial charge in [0, 0.05) is 32.2 Å². The van der Waals surface area contributed by atoms with Crippen molar-refractivity contribution in [1.29, 1.82) is 0 Å². The number of para-hydroxylation sites is 1. The van der Waals surface area contributed by atoms with E-state index in [1.54, 1.807) is 0 Å². The molecule has 1 amide bonds. The van der Waals surface area contributed by atoms with Gasteiger partial charge in [-0.25, -0.2) is 4.98 Å². The molecule has 0 saturated carbocycles. The van der Waals surface area contributed by atoms with Crippen LogP contribution in [0.2, 0.25) is 0 Å². The summed E-state index contributed by atoms with van der Waals surface area (Å²) in [5.41, 5.74) is 2.04. The minimum Gasteiger partial charge on any atom is -0.375 e. The Morgan fingerprint density at radius 1 is 1.29 bits per heavy atom. The van der Waals surface area contributed by atoms with Gasteiger partial charge in [0.1, 0.15) is 4.88 Å². The van der Waals surface area contributed by atoms with Crippen LogP contribution in [0, 0.1) is 12.8 Å². The fraction of sp³-hybridized carbons (Fsp3) is 0.474. The maximum Gasteiger partial charge on any atom is 0.263 e. The number of nitrogens with one attached hydrogen (secondary N) is 1. The van der Waals surface area contributed by atoms with Gasteiger partial charge in [-0.15, -0.1) is 11.3 Å². The molecule has 0 aliphatic heterocycles. The van der Waals surface area contributed by atoms with E-state index in [2.05, 4.69) is 48.2 Å². The lowest BCUT2D eigenvalue weighted by Crippen LogP contribution is -2.28. The van der Waals surface area contributed by atoms with Gasteiger partial charge < -0.3 is 10.2 Å². The first kappa shape index (κ1) is 18.5. The summed E-state index contributed by atoms with van der Waals surface area (Å²) in [4.78, 5) is 19.8. The third-order valence-corrected chi connectivity index (χ3v) is 4.96. The van der Waals surface area contributed by atoms with E-state index < -0.39 is 0 Å². The van der Waals surface area contributed by atoms with Crippen LogP contribution >= 0.6 is 11.3 Å². The van der Waals surface area contributed by atoms with Crippen molar-refractivity contribution in [3.8, 4) is 0 Å². The first-order valence-electron chi connectivity index (χ1n) is 8.48. The first-order chi connectivity index (χ1) is 11.5. The van der Waals surface area contributed by atoms with E-state index in [1.807, 2.05) is 25.1 Å². The second kappa shape index (κ2) is 8.83. The van der Waals surface area contributed by atoms with Gasteiger partial charge in [0.2, 0.25) is 0 Å². The lowest BCUT2D eigenvalue weighted by Gasteiger charge is -2.19. The number of rotatable bonds is 8. The fourth-order valence-corrected chi connectivity index (χ4v) is 3.70. The minimum atomic E-state index is 0.00219. The second-order valence-electron chi connectivity index (χ2n) is 6.49. The molecule has 130 valence electrons. The average molecular weight is 346 g/mol. The molecule has 4 nitrogen and oxygen atoms in total. The van der Waals surface area contributed by atoms with Crippen molar-refractivity contribution in [3.05, 3.63) is 45.9 Å². The smallest absolute Gasteiger partial charge is 0.263 e. The summed E-state index contributed by atoms with van der Waals surface area (Å²) in [5.74, 6) is 0.558. The molecule has 0 unspecified atom stereocenters. The molecule has 0 atom stereocenters. The molecule has 1 heterocycles. The van der Waals surface area contributed by atoms with Crippen LogP contribution < -0.4 is 10.2 Å². The Kier molecular flexibility index (Phi) is 6.79. The molecule has 1 aromatic heterocycles. The Morgan fingerprint density at radius 2 is 2.00 bits per heavy atom. The van der Waals surface area contributed by atoms with Crippen LogP contribution in [0.4, 0.5) is 5.69 Å². The highest BCUT2D eigenvalue weighted by atomic mass is 32.1. The van der Waals surface area contributed by atoms with E-state index in [0.717, 1.165) is 35.0 Å². The van der Waals surface area contributed by atoms with Crippen LogP contribution in [0.15, 0.2) is 30.3 Å². The molecule has 1 N–H and O–H groups in total. The van der Waals surface area contributed by atoms with Crippen molar-refractivity contribution in [3.63, 3.8) is 0 Å². The SMILES string of the molecule is Cc1nc(CC(C)C)sc1C(=O)NCCCN(C)c1ccccc1. The number of hydrogen-bond donors (Lipinski definition) is 1. The van der Waals surface area contributed by atoms with E-state index in [9.17, 15) is 4.79 Å². The number of hydrogen-bond acceptors (Lipinski definition) is 4. The van der Waals surface area contributed by atoms with Crippen molar-refractivity contribution in [2.75, 3.05) is 25.0 Å². The highest BCUT2D eigenvalue weighted by Crippen LogP contribution is 2.20. The van der Waals surface area contributed by atoms with Gasteiger partial charge in [-0.3, -0.25) is 4.79 Å². The van der Waals surface area contributed by atoms with Crippen molar-refractivity contribution in [1.82, 2.24) is 10.3 Å². The molecule has 0 fully saturated rings. The number of thiazole rings is 1. The summed E-state index contributed by atoms with van der Waals surface area (Å²) in [6, 6.07) is 10.3. The van der Waals surface area contributed by atoms with Crippen molar-refractivity contribution in [2.24, 2.45) is 5.92 Å². The van der Waals surface area contributed by atoms with Gasteiger partial charge in [0.25, 0.3) is 5.91 Å². The third-order valence-electron chi connectivity index (χ3n) is 3.78. The van der Waals surface area contributed by atoms with Gasteiger partial charge >= 0.3 is 0 Å². The monoisotopic (exact) mass is 345 g/mol. The van der Waals surface area contributed by atoms with Gasteiger partial charge in [-0.1, -0.05) is 32.0 Å². The molecule has 0 spiro atoms. The second-order valence-corrected chi connectivity index (χ2v) is 7.57. The zero-order chi connectivity index (χ0) is 17.5. The van der Waals surface area contributed by atoms with Crippen LogP contribution in [-0.2, 0) is 6.42 Å². The summed E-state index contributed by atoms with van der Waals surface area (Å²) in [5, 5.41) is 4.07. The topological polar surface area (TPSA) is 45.2 Å². The highest BCUT2D eigenvalue weighted by Gasteiger charge is 2.15. The van der Waals surface area contributed by atoms with E-state index in [0.29, 0.717) is 12.5 Å². The van der Waals surface area contributed by atoms with Crippen LogP contribution in [0.5, 0.6) is 0 Å². The number of carbonyl (C=O) groups excluding carboxylic acids is 1. The summed E-state index contributed by atoms with van der Waals surface area (Å²) in [7, 11) is 2.07. The number of benzene rings is 1. The molecule has 0 aliphatic rings. The molecule has 0 saturated heterocycles. The molecule has 1 aromatic carbocycles. The largest absolute Gasteiger partial charge is 0.375 e. The van der Waals surface area contributed by atoms with E-state index in [-0.39, 0.29) is 5.91 Å². The molecule has 0 bridgehead atoms. The Balaban J connectivity index is 1.78. The van der Waals surface area contributed by atoms with Crippen LogP contribution in [0.25, 0.3) is 0 Å². The normalized spacial score (nSPS) is 10.9. The molecule has 0 aliphatic carbocycles. The van der Waals surface area contributed by atoms with Crippen LogP contribution in [0.1, 0.15) is 40.6 Å². The zero-order valence-electron chi connectivity index (χ0n) is 15.0. The lowest BCUT2D eigenvalue weighted by atomic mass is 10.1. The number of carbonyl (C=O) groups is 1. The van der Waals surface area contributed by atoms with Crippen molar-refractivity contribution >= 4 is 22.9 Å². The van der Waals surface area contributed by atoms with Crippen molar-refractivity contribution in [2.45, 2.75) is 33.6 Å². The molecule has 24 heavy (non-hydrogen) atoms. The number of aromatic nitrogens is 1. The number of nitrogens with zero attached hydrogens (tertiary/aromatic N) is 2. The summed E-state index contributed by atoms with van der Waals surface area (Å²) >= 11 is 1.52. The lowest BCUT2D eigenvalue weighted by molar-refractivity contribution is 0.0956. The maximum atomic E-state index is 12.3. The Hall–Kier alpha value is -1.88. The summed E-state index contributed by atoms with van der Waals surface area (Å²) in [6.07, 6.45) is 1.84. The van der Waals surface area contributed by atoms with Gasteiger partial charge in [0.05, 0.1) is 10.7 Å². The number of amides is 1. The highest BCUT2D eigenvalue weighted by molar-refractivity contribution is 7.13. The van der Waals surface area contributed by atoms with E-state index in [1.165, 1.54) is 17.0 Å². The average Bonchev–Trinajstić information content (AvgIpc) is 2.91. The Labute approximate surface area is 148 Å². The minimum absolute atomic E-state index is 0.00219. The molecule has 2 rings (SSSR count). The Bertz CT molecular complexity index is 652. The molecule has 0 radical (unpaired) electrons. The standard InChI is InChI=1S/C19H27N3OS/c1-14(2)13-17-21-15(3)18(24-17)19(23)20-11-8-12-22(4)16-9-6-5-7-10-16/h5-7,9-10,14H,8,11-13H2,1-4H3,(H,20,23). The van der Waals surface area contributed by atoms with Crippen molar-refractivity contribution < 1.29 is 4.79 Å². The maximum absolute atomic E-state index is 12.3. The van der Waals surface area contributed by atoms with Gasteiger partial charge in [-0.05, 0) is 31.4 Å². The van der Waals surface area contributed by atoms with Gasteiger partial charge in [-0.2, -0.15) is 0 Å². The predicted molar refractivity (Wildman–Crippen MR) is 102 cm³/mol. The van der Waals surface area contributed by atoms with Crippen LogP contribution in [-0.4, -0.2) is 31.0 Å². The Morgan fingerprint density at radius 3 is 2.67 bits per heavy atom. The number of anilines is 1. The molecule has 2 aromatic rings. The van der Waals surface area contributed by atoms with Gasteiger partial charge in [0.15, 0.2) is 0 Å². The fourth-order valence-electron chi connectivity index (χ4n) is 2.51. The summed E-state index contributed by atoms with van der Waals surface area (Å²) < 4.78 is 0. The summed E-state index contributed by atoms with van der Waals surface area (Å²) in [6.45, 7) is 7.83. The predicted octanol–water partition coefficient (Wildman–Crippen LogP) is 3.91. The molecular formula is C19H27N3OS. The molecule has 5 heteroatoms. The molecular weight excluding hydrogens is 318 g/mol. The van der Waals surface area contributed by atoms with Crippen LogP contribution in [0.3, 0.4) is 0 Å². The number of aryl methyl sites for hydroxylation is 1. The zero-order valence-corrected chi connectivity index (χ0v) is 15.8. The first-order valence-corrected chi connectivity index (χ1v) is 9.29. The third kappa shape index (κ3) is 5.34. The quantitative estimate of drug-likeness (QED) is 0.738.